The van der Waals surface area contributed by atoms with Crippen molar-refractivity contribution in [1.29, 1.82) is 0 Å². The molecule has 2 aromatic carbocycles. The lowest BCUT2D eigenvalue weighted by molar-refractivity contribution is 0.0992. The highest BCUT2D eigenvalue weighted by molar-refractivity contribution is 6.07. The van der Waals surface area contributed by atoms with Gasteiger partial charge in [0.15, 0.2) is 0 Å². The Morgan fingerprint density at radius 3 is 2.05 bits per heavy atom. The maximum Gasteiger partial charge on any atom is 0.258 e. The lowest BCUT2D eigenvalue weighted by Crippen LogP contribution is -2.27. The molecule has 0 fully saturated rings. The van der Waals surface area contributed by atoms with Crippen molar-refractivity contribution in [2.24, 2.45) is 0 Å². The number of carbonyl (C=O) groups excluding carboxylic acids is 1. The van der Waals surface area contributed by atoms with Crippen molar-refractivity contribution in [3.8, 4) is 0 Å². The molecule has 0 saturated heterocycles. The zero-order valence-corrected chi connectivity index (χ0v) is 11.5. The molecule has 0 spiro atoms. The van der Waals surface area contributed by atoms with E-state index in [9.17, 15) is 4.79 Å². The number of hydrogen-bond acceptors (Lipinski definition) is 2. The third kappa shape index (κ3) is 2.60. The van der Waals surface area contributed by atoms with E-state index in [4.69, 9.17) is 5.73 Å². The summed E-state index contributed by atoms with van der Waals surface area (Å²) < 4.78 is 0. The number of benzene rings is 2. The molecule has 1 amide bonds. The summed E-state index contributed by atoms with van der Waals surface area (Å²) in [5.41, 5.74) is 9.94. The molecule has 2 rings (SSSR count). The van der Waals surface area contributed by atoms with E-state index in [1.807, 2.05) is 44.2 Å². The van der Waals surface area contributed by atoms with Crippen LogP contribution in [0.3, 0.4) is 0 Å². The van der Waals surface area contributed by atoms with E-state index in [1.165, 1.54) is 0 Å². The van der Waals surface area contributed by atoms with Crippen molar-refractivity contribution in [1.82, 2.24) is 0 Å². The number of amides is 1. The average molecular weight is 254 g/mol. The van der Waals surface area contributed by atoms with E-state index >= 15 is 0 Å². The van der Waals surface area contributed by atoms with Crippen LogP contribution in [0.2, 0.25) is 0 Å². The van der Waals surface area contributed by atoms with Crippen LogP contribution in [0.15, 0.2) is 42.5 Å². The molecule has 0 aliphatic heterocycles. The van der Waals surface area contributed by atoms with E-state index in [-0.39, 0.29) is 5.91 Å². The minimum Gasteiger partial charge on any atom is -0.399 e. The number of hydrogen-bond donors (Lipinski definition) is 1. The van der Waals surface area contributed by atoms with Gasteiger partial charge in [0.2, 0.25) is 0 Å². The molecule has 2 aromatic rings. The van der Waals surface area contributed by atoms with Gasteiger partial charge in [0.1, 0.15) is 0 Å². The van der Waals surface area contributed by atoms with Crippen molar-refractivity contribution >= 4 is 17.3 Å². The summed E-state index contributed by atoms with van der Waals surface area (Å²) in [5.74, 6) is 0.000344. The van der Waals surface area contributed by atoms with E-state index in [0.29, 0.717) is 5.69 Å². The Labute approximate surface area is 113 Å². The molecule has 0 aromatic heterocycles. The number of nitrogen functional groups attached to an aromatic ring is 1. The monoisotopic (exact) mass is 254 g/mol. The van der Waals surface area contributed by atoms with Crippen LogP contribution in [-0.4, -0.2) is 13.0 Å². The molecule has 3 nitrogen and oxygen atoms in total. The minimum absolute atomic E-state index is 0.000344. The lowest BCUT2D eigenvalue weighted by atomic mass is 10.0. The second-order valence-corrected chi connectivity index (χ2v) is 4.72. The molecule has 0 atom stereocenters. The Hall–Kier alpha value is -2.29. The fraction of sp³-hybridized carbons (Fsp3) is 0.188. The first-order valence-electron chi connectivity index (χ1n) is 6.20. The first kappa shape index (κ1) is 13.1. The van der Waals surface area contributed by atoms with Gasteiger partial charge in [0.25, 0.3) is 5.91 Å². The second-order valence-electron chi connectivity index (χ2n) is 4.72. The fourth-order valence-electron chi connectivity index (χ4n) is 2.13. The minimum atomic E-state index is 0.000344. The van der Waals surface area contributed by atoms with Crippen LogP contribution < -0.4 is 10.6 Å². The number of rotatable bonds is 2. The van der Waals surface area contributed by atoms with Gasteiger partial charge in [-0.15, -0.1) is 0 Å². The normalized spacial score (nSPS) is 10.3. The van der Waals surface area contributed by atoms with Gasteiger partial charge in [-0.3, -0.25) is 4.79 Å². The zero-order chi connectivity index (χ0) is 14.0. The Kier molecular flexibility index (Phi) is 3.56. The molecule has 0 aliphatic carbocycles. The molecule has 2 N–H and O–H groups in total. The third-order valence-electron chi connectivity index (χ3n) is 3.28. The van der Waals surface area contributed by atoms with Gasteiger partial charge in [-0.2, -0.15) is 0 Å². The van der Waals surface area contributed by atoms with E-state index in [2.05, 4.69) is 0 Å². The van der Waals surface area contributed by atoms with E-state index in [1.54, 1.807) is 24.1 Å². The van der Waals surface area contributed by atoms with Crippen molar-refractivity contribution in [2.45, 2.75) is 13.8 Å². The molecule has 0 radical (unpaired) electrons. The summed E-state index contributed by atoms with van der Waals surface area (Å²) >= 11 is 0. The van der Waals surface area contributed by atoms with Crippen LogP contribution in [0.4, 0.5) is 11.4 Å². The molecule has 19 heavy (non-hydrogen) atoms. The third-order valence-corrected chi connectivity index (χ3v) is 3.28. The first-order chi connectivity index (χ1) is 9.00. The maximum atomic E-state index is 12.6. The van der Waals surface area contributed by atoms with Gasteiger partial charge in [-0.25, -0.2) is 0 Å². The van der Waals surface area contributed by atoms with Crippen LogP contribution >= 0.6 is 0 Å². The van der Waals surface area contributed by atoms with Gasteiger partial charge in [0.05, 0.1) is 0 Å². The lowest BCUT2D eigenvalue weighted by Gasteiger charge is -2.20. The Morgan fingerprint density at radius 2 is 1.53 bits per heavy atom. The SMILES string of the molecule is Cc1cccc(C)c1C(=O)N(C)c1ccc(N)cc1. The van der Waals surface area contributed by atoms with Crippen molar-refractivity contribution in [3.63, 3.8) is 0 Å². The zero-order valence-electron chi connectivity index (χ0n) is 11.5. The Morgan fingerprint density at radius 1 is 1.00 bits per heavy atom. The second kappa shape index (κ2) is 5.14. The van der Waals surface area contributed by atoms with Crippen LogP contribution in [-0.2, 0) is 0 Å². The standard InChI is InChI=1S/C16H18N2O/c1-11-5-4-6-12(2)15(11)16(19)18(3)14-9-7-13(17)8-10-14/h4-10H,17H2,1-3H3. The predicted octanol–water partition coefficient (Wildman–Crippen LogP) is 3.16. The number of carbonyl (C=O) groups is 1. The molecule has 0 bridgehead atoms. The van der Waals surface area contributed by atoms with E-state index in [0.717, 1.165) is 22.4 Å². The first-order valence-corrected chi connectivity index (χ1v) is 6.20. The van der Waals surface area contributed by atoms with Crippen molar-refractivity contribution in [3.05, 3.63) is 59.2 Å². The largest absolute Gasteiger partial charge is 0.399 e. The van der Waals surface area contributed by atoms with Crippen LogP contribution in [0, 0.1) is 13.8 Å². The van der Waals surface area contributed by atoms with Gasteiger partial charge in [0, 0.05) is 24.0 Å². The molecule has 0 unspecified atom stereocenters. The quantitative estimate of drug-likeness (QED) is 0.837. The topological polar surface area (TPSA) is 46.3 Å². The number of anilines is 2. The van der Waals surface area contributed by atoms with Gasteiger partial charge >= 0.3 is 0 Å². The molecule has 98 valence electrons. The van der Waals surface area contributed by atoms with Gasteiger partial charge < -0.3 is 10.6 Å². The van der Waals surface area contributed by atoms with E-state index < -0.39 is 0 Å². The average Bonchev–Trinajstić information content (AvgIpc) is 2.38. The highest BCUT2D eigenvalue weighted by atomic mass is 16.2. The van der Waals surface area contributed by atoms with Crippen molar-refractivity contribution in [2.75, 3.05) is 17.7 Å². The molecule has 0 heterocycles. The van der Waals surface area contributed by atoms with Crippen molar-refractivity contribution < 1.29 is 4.79 Å². The Balaban J connectivity index is 2.36. The molecular formula is C16H18N2O. The highest BCUT2D eigenvalue weighted by Gasteiger charge is 2.17. The smallest absolute Gasteiger partial charge is 0.258 e. The van der Waals surface area contributed by atoms with Gasteiger partial charge in [-0.1, -0.05) is 18.2 Å². The fourth-order valence-corrected chi connectivity index (χ4v) is 2.13. The number of nitrogens with two attached hydrogens (primary N) is 1. The Bertz CT molecular complexity index is 582. The summed E-state index contributed by atoms with van der Waals surface area (Å²) in [5, 5.41) is 0. The highest BCUT2D eigenvalue weighted by Crippen LogP contribution is 2.20. The van der Waals surface area contributed by atoms with Crippen LogP contribution in [0.5, 0.6) is 0 Å². The molecular weight excluding hydrogens is 236 g/mol. The molecule has 0 saturated carbocycles. The number of nitrogens with zero attached hydrogens (tertiary/aromatic N) is 1. The maximum absolute atomic E-state index is 12.6. The predicted molar refractivity (Wildman–Crippen MR) is 79.5 cm³/mol. The summed E-state index contributed by atoms with van der Waals surface area (Å²) in [4.78, 5) is 14.2. The molecule has 3 heteroatoms. The summed E-state index contributed by atoms with van der Waals surface area (Å²) in [6.45, 7) is 3.91. The van der Waals surface area contributed by atoms with Crippen LogP contribution in [0.25, 0.3) is 0 Å². The summed E-state index contributed by atoms with van der Waals surface area (Å²) in [7, 11) is 1.78. The molecule has 0 aliphatic rings. The summed E-state index contributed by atoms with van der Waals surface area (Å²) in [6.07, 6.45) is 0. The number of aryl methyl sites for hydroxylation is 2. The summed E-state index contributed by atoms with van der Waals surface area (Å²) in [6, 6.07) is 13.2. The van der Waals surface area contributed by atoms with Gasteiger partial charge in [-0.05, 0) is 49.2 Å². The van der Waals surface area contributed by atoms with Crippen LogP contribution in [0.1, 0.15) is 21.5 Å².